The van der Waals surface area contributed by atoms with Gasteiger partial charge in [0, 0.05) is 17.7 Å². The molecule has 0 unspecified atom stereocenters. The molecule has 0 N–H and O–H groups in total. The van der Waals surface area contributed by atoms with Crippen LogP contribution in [0.2, 0.25) is 0 Å². The van der Waals surface area contributed by atoms with E-state index in [1.807, 2.05) is 0 Å². The smallest absolute Gasteiger partial charge is 0.212 e. The molecule has 2 heteroatoms. The Balaban J connectivity index is 2.27. The SMILES string of the molecule is Cc1cc[n+](C)c(-c2cc(-c3ccccc3)c([SH](C)C)cc2C)c1. The van der Waals surface area contributed by atoms with Gasteiger partial charge in [-0.1, -0.05) is 30.3 Å². The highest BCUT2D eigenvalue weighted by atomic mass is 32.2. The minimum absolute atomic E-state index is 0.158. The summed E-state index contributed by atoms with van der Waals surface area (Å²) in [6.45, 7) is 4.39. The maximum Gasteiger partial charge on any atom is 0.212 e. The van der Waals surface area contributed by atoms with Crippen molar-refractivity contribution in [1.29, 1.82) is 0 Å². The van der Waals surface area contributed by atoms with Crippen molar-refractivity contribution >= 4 is 10.9 Å². The first-order chi connectivity index (χ1) is 11.5. The minimum atomic E-state index is -0.158. The van der Waals surface area contributed by atoms with Crippen molar-refractivity contribution < 1.29 is 4.57 Å². The van der Waals surface area contributed by atoms with Crippen molar-refractivity contribution in [3.63, 3.8) is 0 Å². The van der Waals surface area contributed by atoms with Crippen LogP contribution in [0.1, 0.15) is 11.1 Å². The molecule has 0 aliphatic carbocycles. The monoisotopic (exact) mass is 336 g/mol. The highest BCUT2D eigenvalue weighted by molar-refractivity contribution is 8.16. The number of hydrogen-bond acceptors (Lipinski definition) is 0. The van der Waals surface area contributed by atoms with E-state index in [1.165, 1.54) is 38.4 Å². The average Bonchev–Trinajstić information content (AvgIpc) is 2.57. The Kier molecular flexibility index (Phi) is 4.77. The third-order valence-corrected chi connectivity index (χ3v) is 5.82. The molecule has 1 nitrogen and oxygen atoms in total. The molecule has 0 amide bonds. The van der Waals surface area contributed by atoms with Gasteiger partial charge in [0.05, 0.1) is 0 Å². The summed E-state index contributed by atoms with van der Waals surface area (Å²) in [6, 6.07) is 20.0. The third-order valence-electron chi connectivity index (χ3n) is 4.49. The number of thiol groups is 1. The number of hydrogen-bond donors (Lipinski definition) is 1. The quantitative estimate of drug-likeness (QED) is 0.502. The minimum Gasteiger partial charge on any atom is -0.232 e. The number of rotatable bonds is 3. The Hall–Kier alpha value is -2.06. The van der Waals surface area contributed by atoms with Crippen molar-refractivity contribution in [3.8, 4) is 22.4 Å². The van der Waals surface area contributed by atoms with Crippen molar-refractivity contribution in [2.24, 2.45) is 7.05 Å². The molecule has 0 bridgehead atoms. The van der Waals surface area contributed by atoms with Gasteiger partial charge < -0.3 is 0 Å². The molecule has 0 spiro atoms. The van der Waals surface area contributed by atoms with E-state index in [9.17, 15) is 0 Å². The van der Waals surface area contributed by atoms with E-state index >= 15 is 0 Å². The molecule has 0 aliphatic rings. The fourth-order valence-electron chi connectivity index (χ4n) is 3.13. The Morgan fingerprint density at radius 1 is 0.833 bits per heavy atom. The van der Waals surface area contributed by atoms with Crippen LogP contribution < -0.4 is 4.57 Å². The second kappa shape index (κ2) is 6.82. The molecule has 0 aliphatic heterocycles. The van der Waals surface area contributed by atoms with E-state index in [0.29, 0.717) is 0 Å². The summed E-state index contributed by atoms with van der Waals surface area (Å²) in [6.07, 6.45) is 6.82. The first kappa shape index (κ1) is 16.8. The number of benzene rings is 2. The van der Waals surface area contributed by atoms with Crippen molar-refractivity contribution in [1.82, 2.24) is 0 Å². The number of pyridine rings is 1. The lowest BCUT2D eigenvalue weighted by Gasteiger charge is -2.19. The molecule has 0 atom stereocenters. The standard InChI is InChI=1S/C22H26NS/c1-16-11-12-23(3)21(13-16)19-15-20(18-9-7-6-8-10-18)22(24(4)5)14-17(19)2/h6-15,24H,1-5H3/q+1. The van der Waals surface area contributed by atoms with Crippen LogP contribution in [-0.2, 0) is 7.05 Å². The maximum absolute atomic E-state index is 2.39. The molecule has 1 aromatic heterocycles. The summed E-state index contributed by atoms with van der Waals surface area (Å²) in [7, 11) is 1.96. The number of nitrogens with zero attached hydrogens (tertiary/aromatic N) is 1. The van der Waals surface area contributed by atoms with Crippen LogP contribution in [0.15, 0.2) is 65.7 Å². The zero-order chi connectivity index (χ0) is 17.3. The highest BCUT2D eigenvalue weighted by Crippen LogP contribution is 2.41. The van der Waals surface area contributed by atoms with E-state index in [4.69, 9.17) is 0 Å². The summed E-state index contributed by atoms with van der Waals surface area (Å²) < 4.78 is 2.21. The lowest BCUT2D eigenvalue weighted by molar-refractivity contribution is -0.660. The van der Waals surface area contributed by atoms with Crippen molar-refractivity contribution in [2.45, 2.75) is 18.7 Å². The molecule has 2 aromatic carbocycles. The van der Waals surface area contributed by atoms with Gasteiger partial charge in [0.1, 0.15) is 7.05 Å². The van der Waals surface area contributed by atoms with Crippen LogP contribution in [-0.4, -0.2) is 12.5 Å². The van der Waals surface area contributed by atoms with Crippen LogP contribution in [0.5, 0.6) is 0 Å². The predicted molar refractivity (Wildman–Crippen MR) is 107 cm³/mol. The fraction of sp³-hybridized carbons (Fsp3) is 0.227. The van der Waals surface area contributed by atoms with Gasteiger partial charge in [0.15, 0.2) is 6.20 Å². The summed E-state index contributed by atoms with van der Waals surface area (Å²) in [5.41, 5.74) is 7.91. The molecular weight excluding hydrogens is 310 g/mol. The molecule has 0 radical (unpaired) electrons. The third kappa shape index (κ3) is 3.25. The number of aromatic nitrogens is 1. The van der Waals surface area contributed by atoms with Gasteiger partial charge >= 0.3 is 0 Å². The Bertz CT molecular complexity index is 867. The fourth-order valence-corrected chi connectivity index (χ4v) is 4.26. The van der Waals surface area contributed by atoms with Crippen LogP contribution in [0.4, 0.5) is 0 Å². The van der Waals surface area contributed by atoms with Gasteiger partial charge in [-0.05, 0) is 65.6 Å². The summed E-state index contributed by atoms with van der Waals surface area (Å²) >= 11 is 0. The second-order valence-electron chi connectivity index (χ2n) is 6.64. The van der Waals surface area contributed by atoms with E-state index < -0.39 is 0 Å². The van der Waals surface area contributed by atoms with Crippen molar-refractivity contribution in [3.05, 3.63) is 71.9 Å². The van der Waals surface area contributed by atoms with Gasteiger partial charge in [0.25, 0.3) is 0 Å². The topological polar surface area (TPSA) is 3.88 Å². The first-order valence-corrected chi connectivity index (χ1v) is 10.5. The molecule has 0 saturated carbocycles. The van der Waals surface area contributed by atoms with Gasteiger partial charge in [-0.15, -0.1) is 0 Å². The Morgan fingerprint density at radius 3 is 2.21 bits per heavy atom. The maximum atomic E-state index is 2.39. The van der Waals surface area contributed by atoms with Crippen LogP contribution >= 0.6 is 10.9 Å². The first-order valence-electron chi connectivity index (χ1n) is 8.31. The van der Waals surface area contributed by atoms with Gasteiger partial charge in [-0.25, -0.2) is 15.5 Å². The molecular formula is C22H26NS+. The van der Waals surface area contributed by atoms with Crippen LogP contribution in [0.25, 0.3) is 22.4 Å². The van der Waals surface area contributed by atoms with Gasteiger partial charge in [-0.3, -0.25) is 0 Å². The molecule has 3 rings (SSSR count). The van der Waals surface area contributed by atoms with E-state index in [1.54, 1.807) is 0 Å². The average molecular weight is 337 g/mol. The predicted octanol–water partition coefficient (Wildman–Crippen LogP) is 5.08. The molecule has 1 heterocycles. The largest absolute Gasteiger partial charge is 0.232 e. The summed E-state index contributed by atoms with van der Waals surface area (Å²) in [4.78, 5) is 1.48. The summed E-state index contributed by atoms with van der Waals surface area (Å²) in [5.74, 6) is 0. The molecule has 3 aromatic rings. The van der Waals surface area contributed by atoms with Gasteiger partial charge in [0.2, 0.25) is 5.69 Å². The van der Waals surface area contributed by atoms with Crippen LogP contribution in [0, 0.1) is 13.8 Å². The van der Waals surface area contributed by atoms with Gasteiger partial charge in [-0.2, -0.15) is 0 Å². The normalized spacial score (nSPS) is 11.5. The Labute approximate surface area is 148 Å². The summed E-state index contributed by atoms with van der Waals surface area (Å²) in [5, 5.41) is 0. The number of aryl methyl sites for hydroxylation is 3. The lowest BCUT2D eigenvalue weighted by atomic mass is 9.97. The van der Waals surface area contributed by atoms with E-state index in [0.717, 1.165) is 0 Å². The molecule has 0 saturated heterocycles. The zero-order valence-electron chi connectivity index (χ0n) is 15.2. The zero-order valence-corrected chi connectivity index (χ0v) is 16.1. The lowest BCUT2D eigenvalue weighted by Crippen LogP contribution is -2.30. The van der Waals surface area contributed by atoms with E-state index in [-0.39, 0.29) is 10.9 Å². The van der Waals surface area contributed by atoms with Crippen LogP contribution in [0.3, 0.4) is 0 Å². The Morgan fingerprint density at radius 2 is 1.54 bits per heavy atom. The molecule has 124 valence electrons. The van der Waals surface area contributed by atoms with Crippen molar-refractivity contribution in [2.75, 3.05) is 12.5 Å². The molecule has 0 fully saturated rings. The second-order valence-corrected chi connectivity index (χ2v) is 8.92. The van der Waals surface area contributed by atoms with E-state index in [2.05, 4.69) is 98.8 Å². The highest BCUT2D eigenvalue weighted by Gasteiger charge is 2.17. The molecule has 24 heavy (non-hydrogen) atoms.